The maximum atomic E-state index is 13.6. The summed E-state index contributed by atoms with van der Waals surface area (Å²) in [6, 6.07) is 7.94. The summed E-state index contributed by atoms with van der Waals surface area (Å²) in [7, 11) is 0. The third-order valence-corrected chi connectivity index (χ3v) is 10.9. The van der Waals surface area contributed by atoms with Gasteiger partial charge in [-0.3, -0.25) is 4.79 Å². The SMILES string of the molecule is C=C(C)[C@]1(O)C(OC(=O)c2ccccc2)[C@@H](C)[C@@]2(O)C([C@H]1OC(=O)/C=C/C=C/CCCCC)[C@@H]1O[C@]1(CO)C(O)C1(O)C(=O)C(C)=CC12. The Hall–Kier alpha value is -3.45. The molecule has 1 aromatic carbocycles. The standard InChI is InChI=1S/C37H46O11/c1-6-7-8-9-10-11-15-18-26(39)46-31-27-30-34(20-38,48-30)33(42)37(45)25(19-22(4)28(37)40)36(27,44)23(5)29(35(31,43)21(2)3)47-32(41)24-16-13-12-14-17-24/h10-19,23,25,27,29-31,33,38,42-45H,2,6-9,20H2,1,3-5H3/b11-10+,18-15+/t23-,25?,27?,29?,30+,31-,33?,34+,35+,36+,37?/m1/s1. The predicted molar refractivity (Wildman–Crippen MR) is 173 cm³/mol. The molecule has 260 valence electrons. The first-order valence-electron chi connectivity index (χ1n) is 16.5. The highest BCUT2D eigenvalue weighted by Gasteiger charge is 2.85. The fraction of sp³-hybridized carbons (Fsp3) is 0.541. The molecule has 0 amide bonds. The summed E-state index contributed by atoms with van der Waals surface area (Å²) in [5, 5.41) is 59.9. The van der Waals surface area contributed by atoms with Crippen LogP contribution in [-0.4, -0.2) is 96.7 Å². The highest BCUT2D eigenvalue weighted by Crippen LogP contribution is 2.66. The van der Waals surface area contributed by atoms with Gasteiger partial charge in [-0.2, -0.15) is 0 Å². The molecule has 0 spiro atoms. The number of Topliss-reactive ketones (excluding diaryl/α,β-unsaturated/α-hetero) is 1. The maximum absolute atomic E-state index is 13.6. The molecule has 1 heterocycles. The van der Waals surface area contributed by atoms with Gasteiger partial charge in [-0.15, -0.1) is 0 Å². The lowest BCUT2D eigenvalue weighted by molar-refractivity contribution is -0.284. The van der Waals surface area contributed by atoms with E-state index in [2.05, 4.69) is 13.5 Å². The summed E-state index contributed by atoms with van der Waals surface area (Å²) in [5.41, 5.74) is -9.14. The minimum Gasteiger partial charge on any atom is -0.455 e. The van der Waals surface area contributed by atoms with Crippen molar-refractivity contribution in [3.8, 4) is 0 Å². The number of ketones is 1. The molecule has 3 aliphatic carbocycles. The molecule has 4 aliphatic rings. The molecule has 1 aliphatic heterocycles. The van der Waals surface area contributed by atoms with Crippen LogP contribution in [0.5, 0.6) is 0 Å². The number of carbonyl (C=O) groups is 3. The maximum Gasteiger partial charge on any atom is 0.338 e. The lowest BCUT2D eigenvalue weighted by Gasteiger charge is -2.59. The van der Waals surface area contributed by atoms with E-state index in [1.165, 1.54) is 45.1 Å². The van der Waals surface area contributed by atoms with Gasteiger partial charge in [-0.25, -0.2) is 9.59 Å². The van der Waals surface area contributed by atoms with Gasteiger partial charge in [0.25, 0.3) is 0 Å². The van der Waals surface area contributed by atoms with Crippen molar-refractivity contribution in [2.24, 2.45) is 17.8 Å². The van der Waals surface area contributed by atoms with E-state index in [1.807, 2.05) is 6.08 Å². The second kappa shape index (κ2) is 13.1. The molecule has 11 atom stereocenters. The molecule has 11 nitrogen and oxygen atoms in total. The first-order valence-corrected chi connectivity index (χ1v) is 16.5. The van der Waals surface area contributed by atoms with Crippen LogP contribution in [0.1, 0.15) is 63.7 Å². The van der Waals surface area contributed by atoms with Gasteiger partial charge in [0.2, 0.25) is 0 Å². The van der Waals surface area contributed by atoms with Crippen LogP contribution in [0.4, 0.5) is 0 Å². The van der Waals surface area contributed by atoms with Crippen molar-refractivity contribution in [1.29, 1.82) is 0 Å². The Morgan fingerprint density at radius 1 is 1.06 bits per heavy atom. The summed E-state index contributed by atoms with van der Waals surface area (Å²) in [5.74, 6) is -7.00. The predicted octanol–water partition coefficient (Wildman–Crippen LogP) is 2.50. The van der Waals surface area contributed by atoms with Crippen LogP contribution in [0.25, 0.3) is 0 Å². The Kier molecular flexibility index (Phi) is 9.79. The number of fused-ring (bicyclic) bond motifs is 5. The molecule has 2 saturated carbocycles. The van der Waals surface area contributed by atoms with Crippen LogP contribution in [0.3, 0.4) is 0 Å². The van der Waals surface area contributed by atoms with Gasteiger partial charge in [0.05, 0.1) is 23.7 Å². The van der Waals surface area contributed by atoms with Crippen LogP contribution in [-0.2, 0) is 23.8 Å². The zero-order valence-electron chi connectivity index (χ0n) is 27.7. The average Bonchev–Trinajstić information content (AvgIpc) is 3.76. The molecule has 1 saturated heterocycles. The number of allylic oxidation sites excluding steroid dienone is 3. The molecule has 5 N–H and O–H groups in total. The summed E-state index contributed by atoms with van der Waals surface area (Å²) in [6.07, 6.45) is 4.69. The fourth-order valence-electron chi connectivity index (χ4n) is 8.16. The molecule has 5 unspecified atom stereocenters. The van der Waals surface area contributed by atoms with Crippen molar-refractivity contribution < 1.29 is 54.1 Å². The topological polar surface area (TPSA) is 183 Å². The number of hydrogen-bond acceptors (Lipinski definition) is 11. The molecular weight excluding hydrogens is 620 g/mol. The number of rotatable bonds is 11. The largest absolute Gasteiger partial charge is 0.455 e. The molecule has 1 aromatic rings. The highest BCUT2D eigenvalue weighted by molar-refractivity contribution is 6.05. The van der Waals surface area contributed by atoms with Crippen molar-refractivity contribution in [2.45, 2.75) is 100 Å². The van der Waals surface area contributed by atoms with E-state index in [9.17, 15) is 39.9 Å². The number of benzene rings is 1. The van der Waals surface area contributed by atoms with Crippen LogP contribution in [0.15, 0.2) is 78.4 Å². The van der Waals surface area contributed by atoms with E-state index < -0.39 is 88.9 Å². The zero-order chi connectivity index (χ0) is 35.2. The van der Waals surface area contributed by atoms with E-state index in [-0.39, 0.29) is 16.7 Å². The molecule has 3 fully saturated rings. The number of ether oxygens (including phenoxy) is 3. The molecular formula is C37H46O11. The van der Waals surface area contributed by atoms with E-state index in [0.717, 1.165) is 31.8 Å². The molecule has 48 heavy (non-hydrogen) atoms. The van der Waals surface area contributed by atoms with E-state index >= 15 is 0 Å². The lowest BCUT2D eigenvalue weighted by atomic mass is 9.53. The van der Waals surface area contributed by atoms with Crippen molar-refractivity contribution in [3.63, 3.8) is 0 Å². The second-order valence-corrected chi connectivity index (χ2v) is 13.7. The third kappa shape index (κ3) is 5.32. The van der Waals surface area contributed by atoms with Gasteiger partial charge >= 0.3 is 11.9 Å². The van der Waals surface area contributed by atoms with Crippen molar-refractivity contribution in [3.05, 3.63) is 84.0 Å². The number of aliphatic hydroxyl groups is 5. The number of carbonyl (C=O) groups excluding carboxylic acids is 3. The number of aliphatic hydroxyl groups excluding tert-OH is 2. The monoisotopic (exact) mass is 666 g/mol. The van der Waals surface area contributed by atoms with Gasteiger partial charge in [-0.1, -0.05) is 75.8 Å². The van der Waals surface area contributed by atoms with Gasteiger partial charge in [0.15, 0.2) is 17.0 Å². The normalized spacial score (nSPS) is 40.1. The van der Waals surface area contributed by atoms with Crippen molar-refractivity contribution in [1.82, 2.24) is 0 Å². The summed E-state index contributed by atoms with van der Waals surface area (Å²) < 4.78 is 17.8. The Bertz CT molecular complexity index is 1530. The fourth-order valence-corrected chi connectivity index (χ4v) is 8.16. The molecule has 0 bridgehead atoms. The Labute approximate surface area is 280 Å². The van der Waals surface area contributed by atoms with Crippen LogP contribution in [0.2, 0.25) is 0 Å². The first kappa shape index (κ1) is 35.8. The Morgan fingerprint density at radius 2 is 1.75 bits per heavy atom. The lowest BCUT2D eigenvalue weighted by Crippen LogP contribution is -2.76. The molecule has 0 radical (unpaired) electrons. The van der Waals surface area contributed by atoms with Gasteiger partial charge in [-0.05, 0) is 50.0 Å². The molecule has 11 heteroatoms. The summed E-state index contributed by atoms with van der Waals surface area (Å²) >= 11 is 0. The van der Waals surface area contributed by atoms with Crippen molar-refractivity contribution in [2.75, 3.05) is 6.61 Å². The summed E-state index contributed by atoms with van der Waals surface area (Å²) in [4.78, 5) is 40.5. The summed E-state index contributed by atoms with van der Waals surface area (Å²) in [6.45, 7) is 9.53. The zero-order valence-corrected chi connectivity index (χ0v) is 27.7. The van der Waals surface area contributed by atoms with Crippen LogP contribution >= 0.6 is 0 Å². The van der Waals surface area contributed by atoms with Gasteiger partial charge < -0.3 is 39.7 Å². The Morgan fingerprint density at radius 3 is 2.38 bits per heavy atom. The molecule has 5 rings (SSSR count). The number of epoxide rings is 1. The van der Waals surface area contributed by atoms with Crippen LogP contribution in [0, 0.1) is 17.8 Å². The first-order chi connectivity index (χ1) is 22.7. The van der Waals surface area contributed by atoms with Gasteiger partial charge in [0.1, 0.15) is 30.0 Å². The minimum atomic E-state index is -2.68. The van der Waals surface area contributed by atoms with E-state index in [0.29, 0.717) is 0 Å². The van der Waals surface area contributed by atoms with Gasteiger partial charge in [0, 0.05) is 17.9 Å². The van der Waals surface area contributed by atoms with E-state index in [1.54, 1.807) is 24.3 Å². The van der Waals surface area contributed by atoms with E-state index in [4.69, 9.17) is 14.2 Å². The second-order valence-electron chi connectivity index (χ2n) is 13.7. The molecule has 0 aromatic heterocycles. The minimum absolute atomic E-state index is 0.0180. The highest BCUT2D eigenvalue weighted by atomic mass is 16.6. The quantitative estimate of drug-likeness (QED) is 0.0584. The number of hydrogen-bond donors (Lipinski definition) is 5. The Balaban J connectivity index is 1.65. The van der Waals surface area contributed by atoms with Crippen LogP contribution < -0.4 is 0 Å². The average molecular weight is 667 g/mol. The number of esters is 2. The smallest absolute Gasteiger partial charge is 0.338 e. The van der Waals surface area contributed by atoms with Crippen molar-refractivity contribution >= 4 is 17.7 Å². The third-order valence-electron chi connectivity index (χ3n) is 10.9. The number of unbranched alkanes of at least 4 members (excludes halogenated alkanes) is 3.